The topological polar surface area (TPSA) is 69.4 Å². The molecule has 0 aliphatic heterocycles. The summed E-state index contributed by atoms with van der Waals surface area (Å²) in [4.78, 5) is 21.0. The van der Waals surface area contributed by atoms with Crippen LogP contribution in [0.1, 0.15) is 36.0 Å². The van der Waals surface area contributed by atoms with Crippen LogP contribution in [0.3, 0.4) is 0 Å². The van der Waals surface area contributed by atoms with Crippen LogP contribution in [0.15, 0.2) is 18.2 Å². The summed E-state index contributed by atoms with van der Waals surface area (Å²) < 4.78 is 5.61. The fourth-order valence-corrected chi connectivity index (χ4v) is 2.04. The zero-order valence-corrected chi connectivity index (χ0v) is 9.30. The number of nitro groups is 1. The van der Waals surface area contributed by atoms with Gasteiger partial charge in [0.25, 0.3) is 0 Å². The van der Waals surface area contributed by atoms with Gasteiger partial charge in [-0.2, -0.15) is 0 Å². The molecule has 17 heavy (non-hydrogen) atoms. The Bertz CT molecular complexity index is 438. The van der Waals surface area contributed by atoms with Crippen molar-refractivity contribution >= 4 is 12.0 Å². The third-order valence-electron chi connectivity index (χ3n) is 2.91. The highest BCUT2D eigenvalue weighted by Crippen LogP contribution is 2.31. The molecule has 0 radical (unpaired) electrons. The highest BCUT2D eigenvalue weighted by atomic mass is 16.6. The van der Waals surface area contributed by atoms with E-state index < -0.39 is 4.92 Å². The van der Waals surface area contributed by atoms with E-state index >= 15 is 0 Å². The molecule has 2 rings (SSSR count). The van der Waals surface area contributed by atoms with Gasteiger partial charge in [0.05, 0.1) is 11.0 Å². The Balaban J connectivity index is 2.27. The summed E-state index contributed by atoms with van der Waals surface area (Å²) in [5, 5.41) is 10.8. The van der Waals surface area contributed by atoms with E-state index in [-0.39, 0.29) is 17.5 Å². The third kappa shape index (κ3) is 2.61. The van der Waals surface area contributed by atoms with Crippen LogP contribution < -0.4 is 4.74 Å². The van der Waals surface area contributed by atoms with Crippen LogP contribution in [0.5, 0.6) is 5.75 Å². The third-order valence-corrected chi connectivity index (χ3v) is 2.91. The molecule has 0 heterocycles. The number of rotatable bonds is 4. The Morgan fingerprint density at radius 3 is 2.65 bits per heavy atom. The normalized spacial score (nSPS) is 15.8. The molecule has 5 heteroatoms. The molecule has 0 unspecified atom stereocenters. The first-order valence-corrected chi connectivity index (χ1v) is 5.61. The highest BCUT2D eigenvalue weighted by Gasteiger charge is 2.22. The lowest BCUT2D eigenvalue weighted by Gasteiger charge is -2.13. The van der Waals surface area contributed by atoms with Gasteiger partial charge in [0.2, 0.25) is 0 Å². The zero-order chi connectivity index (χ0) is 12.3. The first-order valence-electron chi connectivity index (χ1n) is 5.61. The van der Waals surface area contributed by atoms with Crippen LogP contribution in [0.4, 0.5) is 5.69 Å². The maximum atomic E-state index is 10.8. The van der Waals surface area contributed by atoms with Gasteiger partial charge in [-0.25, -0.2) is 0 Å². The Kier molecular flexibility index (Phi) is 3.37. The largest absolute Gasteiger partial charge is 0.483 e. The van der Waals surface area contributed by atoms with E-state index in [2.05, 4.69) is 0 Å². The quantitative estimate of drug-likeness (QED) is 0.457. The summed E-state index contributed by atoms with van der Waals surface area (Å²) in [6, 6.07) is 4.17. The van der Waals surface area contributed by atoms with Gasteiger partial charge in [-0.3, -0.25) is 14.9 Å². The average molecular weight is 235 g/mol. The number of carbonyl (C=O) groups is 1. The van der Waals surface area contributed by atoms with Gasteiger partial charge in [-0.15, -0.1) is 0 Å². The van der Waals surface area contributed by atoms with Crippen molar-refractivity contribution in [3.63, 3.8) is 0 Å². The molecule has 0 atom stereocenters. The van der Waals surface area contributed by atoms with Crippen molar-refractivity contribution in [2.75, 3.05) is 0 Å². The molecule has 0 aromatic heterocycles. The van der Waals surface area contributed by atoms with Crippen molar-refractivity contribution in [1.29, 1.82) is 0 Å². The van der Waals surface area contributed by atoms with Gasteiger partial charge in [0, 0.05) is 11.6 Å². The minimum atomic E-state index is -0.487. The van der Waals surface area contributed by atoms with E-state index in [4.69, 9.17) is 4.74 Å². The first kappa shape index (κ1) is 11.6. The molecule has 0 amide bonds. The van der Waals surface area contributed by atoms with E-state index in [9.17, 15) is 14.9 Å². The van der Waals surface area contributed by atoms with Crippen molar-refractivity contribution in [3.8, 4) is 5.75 Å². The summed E-state index contributed by atoms with van der Waals surface area (Å²) in [5.41, 5.74) is 0.311. The SMILES string of the molecule is O=Cc1ccc([N+](=O)[O-])c(OC2CCCC2)c1. The Morgan fingerprint density at radius 2 is 2.06 bits per heavy atom. The second kappa shape index (κ2) is 4.95. The van der Waals surface area contributed by atoms with E-state index in [1.54, 1.807) is 0 Å². The molecule has 0 bridgehead atoms. The van der Waals surface area contributed by atoms with Gasteiger partial charge in [0.1, 0.15) is 6.29 Å². The van der Waals surface area contributed by atoms with Crippen LogP contribution in [-0.4, -0.2) is 17.3 Å². The summed E-state index contributed by atoms with van der Waals surface area (Å²) in [6.45, 7) is 0. The van der Waals surface area contributed by atoms with Crippen LogP contribution >= 0.6 is 0 Å². The molecule has 5 nitrogen and oxygen atoms in total. The zero-order valence-electron chi connectivity index (χ0n) is 9.30. The molecule has 1 fully saturated rings. The summed E-state index contributed by atoms with van der Waals surface area (Å²) in [7, 11) is 0. The Morgan fingerprint density at radius 1 is 1.35 bits per heavy atom. The lowest BCUT2D eigenvalue weighted by atomic mass is 10.2. The van der Waals surface area contributed by atoms with E-state index in [0.29, 0.717) is 11.8 Å². The number of carbonyl (C=O) groups excluding carboxylic acids is 1. The van der Waals surface area contributed by atoms with Crippen LogP contribution in [-0.2, 0) is 0 Å². The summed E-state index contributed by atoms with van der Waals surface area (Å²) >= 11 is 0. The second-order valence-corrected chi connectivity index (χ2v) is 4.13. The van der Waals surface area contributed by atoms with E-state index in [1.807, 2.05) is 0 Å². The van der Waals surface area contributed by atoms with Crippen LogP contribution in [0, 0.1) is 10.1 Å². The van der Waals surface area contributed by atoms with Gasteiger partial charge in [0.15, 0.2) is 5.75 Å². The fourth-order valence-electron chi connectivity index (χ4n) is 2.04. The monoisotopic (exact) mass is 235 g/mol. The van der Waals surface area contributed by atoms with Gasteiger partial charge < -0.3 is 4.74 Å². The molecule has 1 aromatic rings. The van der Waals surface area contributed by atoms with Crippen molar-refractivity contribution in [1.82, 2.24) is 0 Å². The molecule has 1 aliphatic carbocycles. The number of ether oxygens (including phenoxy) is 1. The Labute approximate surface area is 98.5 Å². The minimum absolute atomic E-state index is 0.0376. The number of nitrogens with zero attached hydrogens (tertiary/aromatic N) is 1. The Hall–Kier alpha value is -1.91. The predicted octanol–water partition coefficient (Wildman–Crippen LogP) is 2.73. The minimum Gasteiger partial charge on any atom is -0.483 e. The number of hydrogen-bond acceptors (Lipinski definition) is 4. The lowest BCUT2D eigenvalue weighted by Crippen LogP contribution is -2.12. The highest BCUT2D eigenvalue weighted by molar-refractivity contribution is 5.76. The molecule has 1 aromatic carbocycles. The lowest BCUT2D eigenvalue weighted by molar-refractivity contribution is -0.386. The standard InChI is InChI=1S/C12H13NO4/c14-8-9-5-6-11(13(15)16)12(7-9)17-10-3-1-2-4-10/h5-8,10H,1-4H2. The average Bonchev–Trinajstić information content (AvgIpc) is 2.81. The first-order chi connectivity index (χ1) is 8.20. The maximum Gasteiger partial charge on any atom is 0.310 e. The van der Waals surface area contributed by atoms with Gasteiger partial charge >= 0.3 is 5.69 Å². The molecule has 1 aliphatic rings. The smallest absolute Gasteiger partial charge is 0.310 e. The van der Waals surface area contributed by atoms with E-state index in [0.717, 1.165) is 25.7 Å². The van der Waals surface area contributed by atoms with Crippen LogP contribution in [0.25, 0.3) is 0 Å². The summed E-state index contributed by atoms with van der Waals surface area (Å²) in [5.74, 6) is 0.200. The molecule has 0 N–H and O–H groups in total. The van der Waals surface area contributed by atoms with Crippen molar-refractivity contribution < 1.29 is 14.5 Å². The van der Waals surface area contributed by atoms with Crippen molar-refractivity contribution in [3.05, 3.63) is 33.9 Å². The van der Waals surface area contributed by atoms with Crippen molar-refractivity contribution in [2.24, 2.45) is 0 Å². The second-order valence-electron chi connectivity index (χ2n) is 4.13. The van der Waals surface area contributed by atoms with E-state index in [1.165, 1.54) is 18.2 Å². The number of benzene rings is 1. The molecule has 1 saturated carbocycles. The number of nitro benzene ring substituents is 1. The molecular formula is C12H13NO4. The van der Waals surface area contributed by atoms with Crippen LogP contribution in [0.2, 0.25) is 0 Å². The van der Waals surface area contributed by atoms with Gasteiger partial charge in [-0.1, -0.05) is 0 Å². The van der Waals surface area contributed by atoms with Crippen molar-refractivity contribution in [2.45, 2.75) is 31.8 Å². The molecule has 0 saturated heterocycles. The molecular weight excluding hydrogens is 222 g/mol. The summed E-state index contributed by atoms with van der Waals surface area (Å²) in [6.07, 6.45) is 4.71. The van der Waals surface area contributed by atoms with Gasteiger partial charge in [-0.05, 0) is 37.8 Å². The maximum absolute atomic E-state index is 10.8. The molecule has 90 valence electrons. The fraction of sp³-hybridized carbons (Fsp3) is 0.417. The predicted molar refractivity (Wildman–Crippen MR) is 61.4 cm³/mol. The molecule has 0 spiro atoms. The number of aldehydes is 1. The number of hydrogen-bond donors (Lipinski definition) is 0.